The Morgan fingerprint density at radius 3 is 2.65 bits per heavy atom. The average molecular weight is 343 g/mol. The van der Waals surface area contributed by atoms with Crippen molar-refractivity contribution in [1.29, 1.82) is 0 Å². The molecule has 2 aliphatic rings. The molecule has 128 valence electrons. The van der Waals surface area contributed by atoms with Crippen molar-refractivity contribution >= 4 is 35.6 Å². The van der Waals surface area contributed by atoms with E-state index in [0.29, 0.717) is 18.6 Å². The smallest absolute Gasteiger partial charge is 0.330 e. The van der Waals surface area contributed by atoms with Gasteiger partial charge in [0, 0.05) is 12.2 Å². The fraction of sp³-hybridized carbons (Fsp3) is 0.714. The molecule has 0 aromatic heterocycles. The number of nitrogens with zero attached hydrogens (tertiary/aromatic N) is 1. The molecule has 9 heteroatoms. The van der Waals surface area contributed by atoms with Crippen LogP contribution in [0.15, 0.2) is 0 Å². The molecule has 2 rings (SSSR count). The Bertz CT molecular complexity index is 553. The highest BCUT2D eigenvalue weighted by atomic mass is 32.2. The van der Waals surface area contributed by atoms with Crippen LogP contribution in [-0.2, 0) is 19.1 Å². The lowest BCUT2D eigenvalue weighted by atomic mass is 10.1. The maximum atomic E-state index is 12.5. The molecule has 0 saturated carbocycles. The van der Waals surface area contributed by atoms with Gasteiger partial charge in [-0.15, -0.1) is 11.8 Å². The monoisotopic (exact) mass is 343 g/mol. The molecule has 23 heavy (non-hydrogen) atoms. The lowest BCUT2D eigenvalue weighted by molar-refractivity contribution is -0.164. The number of hydrogen-bond donors (Lipinski definition) is 2. The number of fused-ring (bicyclic) bond motifs is 1. The number of hydrogen-bond acceptors (Lipinski definition) is 6. The molecule has 0 aromatic carbocycles. The lowest BCUT2D eigenvalue weighted by Crippen LogP contribution is -2.50. The first-order chi connectivity index (χ1) is 10.7. The van der Waals surface area contributed by atoms with E-state index in [2.05, 4.69) is 0 Å². The summed E-state index contributed by atoms with van der Waals surface area (Å²) in [5.74, 6) is -1.38. The predicted molar refractivity (Wildman–Crippen MR) is 83.2 cm³/mol. The fourth-order valence-corrected chi connectivity index (χ4v) is 4.30. The SMILES string of the molecule is CC(C)[C@@H](OC(=O)[C@H]1CS[C@@]2(C)CCC(=O)N12)C(=O)NC(N)=O. The zero-order valence-electron chi connectivity index (χ0n) is 13.3. The number of ether oxygens (including phenoxy) is 1. The standard InChI is InChI=1S/C14H21N3O5S/c1-7(2)10(11(19)16-13(15)21)22-12(20)8-6-23-14(3)5-4-9(18)17(8)14/h7-8,10H,4-6H2,1-3H3,(H3,15,16,19,21)/t8-,10-,14+/m1/s1. The van der Waals surface area contributed by atoms with Gasteiger partial charge in [-0.3, -0.25) is 14.9 Å². The van der Waals surface area contributed by atoms with Crippen molar-refractivity contribution in [2.24, 2.45) is 11.7 Å². The van der Waals surface area contributed by atoms with Gasteiger partial charge in [0.05, 0.1) is 4.87 Å². The molecule has 2 saturated heterocycles. The van der Waals surface area contributed by atoms with Crippen molar-refractivity contribution in [3.05, 3.63) is 0 Å². The Kier molecular flexibility index (Phi) is 4.88. The average Bonchev–Trinajstić information content (AvgIpc) is 2.92. The molecule has 0 aliphatic carbocycles. The van der Waals surface area contributed by atoms with Crippen molar-refractivity contribution in [2.75, 3.05) is 5.75 Å². The third-order valence-corrected chi connectivity index (χ3v) is 5.58. The summed E-state index contributed by atoms with van der Waals surface area (Å²) in [6.07, 6.45) is -0.0383. The minimum atomic E-state index is -1.13. The van der Waals surface area contributed by atoms with E-state index in [1.54, 1.807) is 18.7 Å². The number of esters is 1. The number of amides is 4. The minimum Gasteiger partial charge on any atom is -0.450 e. The fourth-order valence-electron chi connectivity index (χ4n) is 2.88. The van der Waals surface area contributed by atoms with Gasteiger partial charge in [-0.25, -0.2) is 9.59 Å². The van der Waals surface area contributed by atoms with Crippen LogP contribution in [-0.4, -0.2) is 51.5 Å². The number of carbonyl (C=O) groups is 4. The summed E-state index contributed by atoms with van der Waals surface area (Å²) in [6.45, 7) is 5.30. The van der Waals surface area contributed by atoms with Crippen LogP contribution in [0.25, 0.3) is 0 Å². The van der Waals surface area contributed by atoms with Gasteiger partial charge in [0.15, 0.2) is 6.10 Å². The van der Waals surface area contributed by atoms with Crippen LogP contribution >= 0.6 is 11.8 Å². The van der Waals surface area contributed by atoms with Crippen LogP contribution in [0, 0.1) is 5.92 Å². The zero-order chi connectivity index (χ0) is 17.4. The van der Waals surface area contributed by atoms with E-state index >= 15 is 0 Å². The number of imide groups is 1. The molecule has 3 atom stereocenters. The summed E-state index contributed by atoms with van der Waals surface area (Å²) in [5.41, 5.74) is 4.92. The second kappa shape index (κ2) is 6.38. The van der Waals surface area contributed by atoms with E-state index in [1.807, 2.05) is 12.2 Å². The minimum absolute atomic E-state index is 0.0814. The van der Waals surface area contributed by atoms with E-state index in [1.165, 1.54) is 11.8 Å². The van der Waals surface area contributed by atoms with Gasteiger partial charge < -0.3 is 15.4 Å². The molecule has 0 radical (unpaired) electrons. The maximum Gasteiger partial charge on any atom is 0.330 e. The van der Waals surface area contributed by atoms with E-state index in [9.17, 15) is 19.2 Å². The molecule has 4 amide bonds. The van der Waals surface area contributed by atoms with E-state index in [0.717, 1.165) is 0 Å². The second-order valence-electron chi connectivity index (χ2n) is 6.22. The maximum absolute atomic E-state index is 12.5. The summed E-state index contributed by atoms with van der Waals surface area (Å²) < 4.78 is 5.29. The van der Waals surface area contributed by atoms with Crippen LogP contribution < -0.4 is 11.1 Å². The van der Waals surface area contributed by atoms with Crippen molar-refractivity contribution in [2.45, 2.75) is 50.6 Å². The first-order valence-electron chi connectivity index (χ1n) is 7.42. The number of nitrogens with two attached hydrogens (primary N) is 1. The molecule has 2 heterocycles. The van der Waals surface area contributed by atoms with Gasteiger partial charge in [0.2, 0.25) is 5.91 Å². The molecule has 2 fully saturated rings. The van der Waals surface area contributed by atoms with Gasteiger partial charge in [-0.2, -0.15) is 0 Å². The van der Waals surface area contributed by atoms with E-state index in [-0.39, 0.29) is 16.7 Å². The zero-order valence-corrected chi connectivity index (χ0v) is 14.1. The van der Waals surface area contributed by atoms with Crippen molar-refractivity contribution < 1.29 is 23.9 Å². The number of primary amides is 1. The molecule has 3 N–H and O–H groups in total. The predicted octanol–water partition coefficient (Wildman–Crippen LogP) is 0.203. The Hall–Kier alpha value is -1.77. The third-order valence-electron chi connectivity index (χ3n) is 4.07. The van der Waals surface area contributed by atoms with Crippen LogP contribution in [0.5, 0.6) is 0 Å². The van der Waals surface area contributed by atoms with Crippen molar-refractivity contribution in [3.63, 3.8) is 0 Å². The second-order valence-corrected chi connectivity index (χ2v) is 7.72. The first kappa shape index (κ1) is 17.6. The van der Waals surface area contributed by atoms with Crippen LogP contribution in [0.1, 0.15) is 33.6 Å². The first-order valence-corrected chi connectivity index (χ1v) is 8.41. The van der Waals surface area contributed by atoms with Gasteiger partial charge in [-0.1, -0.05) is 13.8 Å². The summed E-state index contributed by atoms with van der Waals surface area (Å²) in [5, 5.41) is 1.92. The molecular formula is C14H21N3O5S. The van der Waals surface area contributed by atoms with Gasteiger partial charge in [-0.05, 0) is 19.3 Å². The summed E-state index contributed by atoms with van der Waals surface area (Å²) in [4.78, 5) is 48.4. The van der Waals surface area contributed by atoms with E-state index < -0.39 is 30.1 Å². The van der Waals surface area contributed by atoms with Gasteiger partial charge >= 0.3 is 12.0 Å². The quantitative estimate of drug-likeness (QED) is 0.704. The highest BCUT2D eigenvalue weighted by molar-refractivity contribution is 8.01. The van der Waals surface area contributed by atoms with Crippen LogP contribution in [0.2, 0.25) is 0 Å². The lowest BCUT2D eigenvalue weighted by Gasteiger charge is -2.30. The van der Waals surface area contributed by atoms with Gasteiger partial charge in [0.25, 0.3) is 5.91 Å². The number of nitrogens with one attached hydrogen (secondary N) is 1. The van der Waals surface area contributed by atoms with Crippen LogP contribution in [0.3, 0.4) is 0 Å². The van der Waals surface area contributed by atoms with E-state index in [4.69, 9.17) is 10.5 Å². The Morgan fingerprint density at radius 2 is 2.09 bits per heavy atom. The number of rotatable bonds is 4. The molecule has 0 spiro atoms. The number of thioether (sulfide) groups is 1. The molecule has 2 aliphatic heterocycles. The number of carbonyl (C=O) groups excluding carboxylic acids is 4. The van der Waals surface area contributed by atoms with Crippen molar-refractivity contribution in [3.8, 4) is 0 Å². The largest absolute Gasteiger partial charge is 0.450 e. The molecular weight excluding hydrogens is 322 g/mol. The number of urea groups is 1. The summed E-state index contributed by atoms with van der Waals surface area (Å²) >= 11 is 1.54. The van der Waals surface area contributed by atoms with Gasteiger partial charge in [0.1, 0.15) is 6.04 Å². The molecule has 0 bridgehead atoms. The third kappa shape index (κ3) is 3.44. The summed E-state index contributed by atoms with van der Waals surface area (Å²) in [7, 11) is 0. The molecule has 0 aromatic rings. The van der Waals surface area contributed by atoms with Crippen LogP contribution in [0.4, 0.5) is 4.79 Å². The molecule has 0 unspecified atom stereocenters. The summed E-state index contributed by atoms with van der Waals surface area (Å²) in [6, 6.07) is -1.71. The Morgan fingerprint density at radius 1 is 1.43 bits per heavy atom. The Labute approximate surface area is 138 Å². The Balaban J connectivity index is 2.09. The highest BCUT2D eigenvalue weighted by Gasteiger charge is 2.54. The normalized spacial score (nSPS) is 27.7. The van der Waals surface area contributed by atoms with Crippen molar-refractivity contribution in [1.82, 2.24) is 10.2 Å². The molecule has 8 nitrogen and oxygen atoms in total. The highest BCUT2D eigenvalue weighted by Crippen LogP contribution is 2.47. The topological polar surface area (TPSA) is 119 Å².